The molecule has 5 atom stereocenters. The van der Waals surface area contributed by atoms with E-state index in [1.165, 1.54) is 38.3 Å². The number of nitrogens with zero attached hydrogens (tertiary/aromatic N) is 3. The monoisotopic (exact) mass is 703 g/mol. The quantitative estimate of drug-likeness (QED) is 0.164. The van der Waals surface area contributed by atoms with Crippen molar-refractivity contribution in [2.75, 3.05) is 36.4 Å². The zero-order valence-corrected chi connectivity index (χ0v) is 31.1. The van der Waals surface area contributed by atoms with Crippen molar-refractivity contribution in [1.82, 2.24) is 20.2 Å². The van der Waals surface area contributed by atoms with E-state index >= 15 is 0 Å². The molecule has 5 fully saturated rings. The summed E-state index contributed by atoms with van der Waals surface area (Å²) in [7, 11) is 0. The van der Waals surface area contributed by atoms with Gasteiger partial charge in [-0.05, 0) is 129 Å². The standard InChI is InChI=1S/C42H53N7O3/c1-5-6-28-13-26(4)47-40(52)35(28)24-45-39(51)33-15-30(16-36(34(33)22-43)46-25(2)3)29-7-8-37(44-23-29)48-9-11-49(12-10-48)38(50)21-41-18-27-14-31-17-32(20-41)42(31,41)19-27/h7-8,13,15-16,22-23,25,27,31-32,43,46H,5-6,9-12,14,17-21,24H2,1-4H3,(H,45,51)(H,47,52). The van der Waals surface area contributed by atoms with Crippen LogP contribution in [0.3, 0.4) is 0 Å². The molecule has 10 heteroatoms. The molecule has 2 bridgehead atoms. The molecule has 2 amide bonds. The molecule has 4 aliphatic carbocycles. The molecule has 3 heterocycles. The van der Waals surface area contributed by atoms with Crippen molar-refractivity contribution in [1.29, 1.82) is 5.41 Å². The van der Waals surface area contributed by atoms with Gasteiger partial charge in [0.1, 0.15) is 5.82 Å². The van der Waals surface area contributed by atoms with Crippen LogP contribution in [0.5, 0.6) is 0 Å². The smallest absolute Gasteiger partial charge is 0.253 e. The van der Waals surface area contributed by atoms with Gasteiger partial charge in [-0.25, -0.2) is 4.98 Å². The number of fused-ring (bicyclic) bond motifs is 1. The molecule has 3 aromatic rings. The van der Waals surface area contributed by atoms with Gasteiger partial charge in [0.05, 0.1) is 5.56 Å². The minimum atomic E-state index is -0.351. The average molecular weight is 704 g/mol. The van der Waals surface area contributed by atoms with Gasteiger partial charge < -0.3 is 30.8 Å². The fourth-order valence-corrected chi connectivity index (χ4v) is 11.4. The van der Waals surface area contributed by atoms with Crippen molar-refractivity contribution in [3.05, 3.63) is 74.8 Å². The molecule has 1 spiro atoms. The summed E-state index contributed by atoms with van der Waals surface area (Å²) in [6.45, 7) is 11.0. The second kappa shape index (κ2) is 13.2. The first kappa shape index (κ1) is 34.6. The van der Waals surface area contributed by atoms with E-state index in [1.807, 2.05) is 51.2 Å². The van der Waals surface area contributed by atoms with Crippen molar-refractivity contribution in [3.8, 4) is 11.1 Å². The lowest BCUT2D eigenvalue weighted by atomic mass is 9.31. The number of rotatable bonds is 12. The Morgan fingerprint density at radius 1 is 1.06 bits per heavy atom. The van der Waals surface area contributed by atoms with Crippen molar-refractivity contribution in [3.63, 3.8) is 0 Å². The molecule has 5 unspecified atom stereocenters. The minimum Gasteiger partial charge on any atom is -0.382 e. The molecule has 52 heavy (non-hydrogen) atoms. The maximum Gasteiger partial charge on any atom is 0.253 e. The van der Waals surface area contributed by atoms with Crippen LogP contribution >= 0.6 is 0 Å². The van der Waals surface area contributed by atoms with Crippen LogP contribution in [0.15, 0.2) is 41.3 Å². The molecule has 10 nitrogen and oxygen atoms in total. The van der Waals surface area contributed by atoms with Crippen LogP contribution in [0, 0.1) is 40.9 Å². The topological polar surface area (TPSA) is 134 Å². The summed E-state index contributed by atoms with van der Waals surface area (Å²) in [5, 5.41) is 14.6. The maximum absolute atomic E-state index is 13.8. The summed E-state index contributed by atoms with van der Waals surface area (Å²) >= 11 is 0. The van der Waals surface area contributed by atoms with E-state index in [4.69, 9.17) is 10.4 Å². The SMILES string of the molecule is CCCc1cc(C)[nH]c(=O)c1CNC(=O)c1cc(-c2ccc(N3CCN(C(=O)CC45CC6CC7CC(C4)C75C6)CC3)nc2)cc(NC(C)C)c1C=N. The van der Waals surface area contributed by atoms with E-state index in [2.05, 4.69) is 32.3 Å². The number of H-pyrrole nitrogens is 1. The van der Waals surface area contributed by atoms with Gasteiger partial charge in [-0.15, -0.1) is 0 Å². The number of carbonyl (C=O) groups is 2. The van der Waals surface area contributed by atoms with Crippen LogP contribution in [-0.4, -0.2) is 65.1 Å². The Hall–Kier alpha value is -4.47. The van der Waals surface area contributed by atoms with Crippen molar-refractivity contribution < 1.29 is 9.59 Å². The number of aromatic nitrogens is 2. The molecule has 274 valence electrons. The predicted molar refractivity (Wildman–Crippen MR) is 205 cm³/mol. The summed E-state index contributed by atoms with van der Waals surface area (Å²) in [5.74, 6) is 3.59. The fraction of sp³-hybridized carbons (Fsp3) is 0.548. The van der Waals surface area contributed by atoms with Gasteiger partial charge in [-0.3, -0.25) is 14.4 Å². The molecule has 0 radical (unpaired) electrons. The number of hydrogen-bond donors (Lipinski definition) is 4. The van der Waals surface area contributed by atoms with Crippen LogP contribution in [0.25, 0.3) is 11.1 Å². The molecule has 4 N–H and O–H groups in total. The molecule has 1 aliphatic heterocycles. The normalized spacial score (nSPS) is 26.8. The number of aryl methyl sites for hydroxylation is 2. The van der Waals surface area contributed by atoms with E-state index in [0.717, 1.165) is 91.4 Å². The van der Waals surface area contributed by atoms with Crippen LogP contribution in [0.4, 0.5) is 11.5 Å². The number of amides is 2. The first-order chi connectivity index (χ1) is 25.0. The van der Waals surface area contributed by atoms with E-state index in [1.54, 1.807) is 6.07 Å². The van der Waals surface area contributed by atoms with Gasteiger partial charge in [-0.2, -0.15) is 0 Å². The van der Waals surface area contributed by atoms with Gasteiger partial charge in [-0.1, -0.05) is 13.3 Å². The highest BCUT2D eigenvalue weighted by Gasteiger charge is 2.80. The second-order valence-corrected chi connectivity index (χ2v) is 16.8. The first-order valence-corrected chi connectivity index (χ1v) is 19.5. The highest BCUT2D eigenvalue weighted by molar-refractivity contribution is 6.06. The number of carbonyl (C=O) groups excluding carboxylic acids is 2. The Labute approximate surface area is 306 Å². The van der Waals surface area contributed by atoms with Gasteiger partial charge >= 0.3 is 0 Å². The number of pyridine rings is 2. The molecule has 1 aromatic carbocycles. The Kier molecular flexibility index (Phi) is 8.78. The summed E-state index contributed by atoms with van der Waals surface area (Å²) in [6.07, 6.45) is 12.3. The van der Waals surface area contributed by atoms with Gasteiger partial charge in [0.15, 0.2) is 0 Å². The lowest BCUT2D eigenvalue weighted by molar-refractivity contribution is -0.246. The molecule has 2 aromatic heterocycles. The van der Waals surface area contributed by atoms with E-state index in [-0.39, 0.29) is 24.1 Å². The number of hydrogen-bond acceptors (Lipinski definition) is 7. The van der Waals surface area contributed by atoms with Crippen molar-refractivity contribution >= 4 is 29.5 Å². The first-order valence-electron chi connectivity index (χ1n) is 19.5. The summed E-state index contributed by atoms with van der Waals surface area (Å²) in [6, 6.07) is 9.86. The highest BCUT2D eigenvalue weighted by atomic mass is 16.2. The summed E-state index contributed by atoms with van der Waals surface area (Å²) < 4.78 is 0. The zero-order valence-electron chi connectivity index (χ0n) is 31.1. The lowest BCUT2D eigenvalue weighted by Crippen LogP contribution is -2.67. The van der Waals surface area contributed by atoms with Gasteiger partial charge in [0.25, 0.3) is 11.5 Å². The highest BCUT2D eigenvalue weighted by Crippen LogP contribution is 2.87. The number of piperazine rings is 1. The van der Waals surface area contributed by atoms with E-state index in [9.17, 15) is 14.4 Å². The van der Waals surface area contributed by atoms with E-state index < -0.39 is 0 Å². The molecular formula is C42H53N7O3. The lowest BCUT2D eigenvalue weighted by Gasteiger charge is -2.73. The number of benzene rings is 1. The van der Waals surface area contributed by atoms with Crippen LogP contribution in [0.2, 0.25) is 0 Å². The number of aromatic amines is 1. The average Bonchev–Trinajstić information content (AvgIpc) is 3.60. The molecular weight excluding hydrogens is 651 g/mol. The van der Waals surface area contributed by atoms with Crippen LogP contribution in [-0.2, 0) is 17.8 Å². The minimum absolute atomic E-state index is 0.0759. The van der Waals surface area contributed by atoms with Crippen LogP contribution in [0.1, 0.15) is 98.5 Å². The van der Waals surface area contributed by atoms with Crippen molar-refractivity contribution in [2.24, 2.45) is 28.6 Å². The molecule has 5 aliphatic rings. The molecule has 4 saturated carbocycles. The zero-order chi connectivity index (χ0) is 36.4. The third-order valence-electron chi connectivity index (χ3n) is 13.4. The van der Waals surface area contributed by atoms with Gasteiger partial charge in [0, 0.05) is 85.7 Å². The Morgan fingerprint density at radius 2 is 1.87 bits per heavy atom. The fourth-order valence-electron chi connectivity index (χ4n) is 11.4. The molecule has 1 saturated heterocycles. The number of nitrogens with one attached hydrogen (secondary N) is 4. The maximum atomic E-state index is 13.8. The third-order valence-corrected chi connectivity index (χ3v) is 13.4. The van der Waals surface area contributed by atoms with E-state index in [0.29, 0.717) is 39.1 Å². The Balaban J connectivity index is 0.953. The Bertz CT molecular complexity index is 1960. The summed E-state index contributed by atoms with van der Waals surface area (Å²) in [4.78, 5) is 52.3. The third kappa shape index (κ3) is 5.64. The Morgan fingerprint density at radius 3 is 2.54 bits per heavy atom. The summed E-state index contributed by atoms with van der Waals surface area (Å²) in [5.41, 5.74) is 6.15. The van der Waals surface area contributed by atoms with Crippen LogP contribution < -0.4 is 21.1 Å². The second-order valence-electron chi connectivity index (χ2n) is 16.8. The van der Waals surface area contributed by atoms with Crippen molar-refractivity contribution in [2.45, 2.75) is 91.6 Å². The molecule has 8 rings (SSSR count). The number of anilines is 2. The van der Waals surface area contributed by atoms with Gasteiger partial charge in [0.2, 0.25) is 5.91 Å². The predicted octanol–water partition coefficient (Wildman–Crippen LogP) is 6.31. The largest absolute Gasteiger partial charge is 0.382 e.